The number of nitrogens with zero attached hydrogens (tertiary/aromatic N) is 1. The number of likely N-dealkylation sites (tertiary alicyclic amines) is 1. The van der Waals surface area contributed by atoms with Gasteiger partial charge in [0.25, 0.3) is 0 Å². The summed E-state index contributed by atoms with van der Waals surface area (Å²) < 4.78 is 4.92. The Bertz CT molecular complexity index is 214. The third kappa shape index (κ3) is 5.65. The zero-order valence-electron chi connectivity index (χ0n) is 12.2. The van der Waals surface area contributed by atoms with Crippen LogP contribution in [0, 0.1) is 5.92 Å². The van der Waals surface area contributed by atoms with Crippen LogP contribution < -0.4 is 5.32 Å². The number of hydrogen-bond donors (Lipinski definition) is 2. The van der Waals surface area contributed by atoms with Gasteiger partial charge in [0.05, 0.1) is 12.7 Å². The molecule has 3 atom stereocenters. The van der Waals surface area contributed by atoms with Crippen molar-refractivity contribution in [1.29, 1.82) is 0 Å². The first-order chi connectivity index (χ1) is 8.67. The summed E-state index contributed by atoms with van der Waals surface area (Å²) >= 11 is 0. The molecule has 18 heavy (non-hydrogen) atoms. The molecule has 0 saturated carbocycles. The molecule has 0 radical (unpaired) electrons. The monoisotopic (exact) mass is 258 g/mol. The smallest absolute Gasteiger partial charge is 0.0785 e. The largest absolute Gasteiger partial charge is 0.391 e. The second kappa shape index (κ2) is 8.86. The summed E-state index contributed by atoms with van der Waals surface area (Å²) in [5, 5.41) is 13.1. The van der Waals surface area contributed by atoms with Gasteiger partial charge < -0.3 is 20.1 Å². The molecule has 4 nitrogen and oxygen atoms in total. The number of aliphatic hydroxyl groups excluding tert-OH is 1. The van der Waals surface area contributed by atoms with Gasteiger partial charge in [0.15, 0.2) is 0 Å². The van der Waals surface area contributed by atoms with Crippen molar-refractivity contribution in [2.24, 2.45) is 5.92 Å². The van der Waals surface area contributed by atoms with Crippen LogP contribution in [0.2, 0.25) is 0 Å². The zero-order valence-corrected chi connectivity index (χ0v) is 12.2. The number of methoxy groups -OCH3 is 1. The Morgan fingerprint density at radius 1 is 1.50 bits per heavy atom. The molecule has 3 unspecified atom stereocenters. The molecule has 1 aliphatic rings. The Kier molecular flexibility index (Phi) is 7.82. The normalized spacial score (nSPS) is 25.0. The minimum Gasteiger partial charge on any atom is -0.391 e. The fraction of sp³-hybridized carbons (Fsp3) is 1.00. The van der Waals surface area contributed by atoms with Crippen molar-refractivity contribution in [3.63, 3.8) is 0 Å². The molecule has 0 aromatic carbocycles. The fourth-order valence-corrected chi connectivity index (χ4v) is 2.71. The lowest BCUT2D eigenvalue weighted by molar-refractivity contribution is 0.0581. The Balaban J connectivity index is 2.17. The Morgan fingerprint density at radius 2 is 2.28 bits per heavy atom. The number of piperidine rings is 1. The quantitative estimate of drug-likeness (QED) is 0.684. The van der Waals surface area contributed by atoms with Gasteiger partial charge in [-0.1, -0.05) is 6.92 Å². The van der Waals surface area contributed by atoms with E-state index in [4.69, 9.17) is 4.74 Å². The molecule has 0 spiro atoms. The summed E-state index contributed by atoms with van der Waals surface area (Å²) in [5.74, 6) is 0.748. The highest BCUT2D eigenvalue weighted by molar-refractivity contribution is 4.80. The number of nitrogens with one attached hydrogen (secondary N) is 1. The van der Waals surface area contributed by atoms with Gasteiger partial charge in [-0.05, 0) is 51.7 Å². The van der Waals surface area contributed by atoms with Gasteiger partial charge in [-0.2, -0.15) is 0 Å². The molecule has 0 aromatic heterocycles. The van der Waals surface area contributed by atoms with Gasteiger partial charge >= 0.3 is 0 Å². The second-order valence-electron chi connectivity index (χ2n) is 5.44. The molecular weight excluding hydrogens is 228 g/mol. The van der Waals surface area contributed by atoms with E-state index in [0.29, 0.717) is 12.6 Å². The van der Waals surface area contributed by atoms with Gasteiger partial charge in [0.1, 0.15) is 0 Å². The summed E-state index contributed by atoms with van der Waals surface area (Å²) in [7, 11) is 1.63. The van der Waals surface area contributed by atoms with Crippen LogP contribution in [0.25, 0.3) is 0 Å². The van der Waals surface area contributed by atoms with E-state index >= 15 is 0 Å². The van der Waals surface area contributed by atoms with Gasteiger partial charge in [-0.25, -0.2) is 0 Å². The lowest BCUT2D eigenvalue weighted by atomic mass is 9.91. The summed E-state index contributed by atoms with van der Waals surface area (Å²) in [4.78, 5) is 2.53. The van der Waals surface area contributed by atoms with E-state index in [1.54, 1.807) is 7.11 Å². The number of ether oxygens (including phenoxy) is 1. The average molecular weight is 258 g/mol. The third-order valence-corrected chi connectivity index (χ3v) is 4.00. The maximum absolute atomic E-state index is 9.58. The van der Waals surface area contributed by atoms with Crippen LogP contribution in [0.15, 0.2) is 0 Å². The van der Waals surface area contributed by atoms with Crippen LogP contribution >= 0.6 is 0 Å². The van der Waals surface area contributed by atoms with E-state index in [-0.39, 0.29) is 6.10 Å². The predicted molar refractivity (Wildman–Crippen MR) is 74.8 cm³/mol. The van der Waals surface area contributed by atoms with Crippen molar-refractivity contribution in [3.8, 4) is 0 Å². The summed E-state index contributed by atoms with van der Waals surface area (Å²) in [6.07, 6.45) is 3.07. The molecule has 108 valence electrons. The zero-order chi connectivity index (χ0) is 13.4. The van der Waals surface area contributed by atoms with E-state index in [9.17, 15) is 5.11 Å². The van der Waals surface area contributed by atoms with Crippen LogP contribution in [0.5, 0.6) is 0 Å². The summed E-state index contributed by atoms with van der Waals surface area (Å²) in [6.45, 7) is 9.44. The van der Waals surface area contributed by atoms with Crippen molar-refractivity contribution in [2.45, 2.75) is 45.3 Å². The summed E-state index contributed by atoms with van der Waals surface area (Å²) in [6, 6.07) is 0.536. The molecule has 0 aromatic rings. The third-order valence-electron chi connectivity index (χ3n) is 4.00. The van der Waals surface area contributed by atoms with E-state index < -0.39 is 0 Å². The molecule has 0 aliphatic carbocycles. The van der Waals surface area contributed by atoms with Crippen molar-refractivity contribution < 1.29 is 9.84 Å². The van der Waals surface area contributed by atoms with E-state index in [0.717, 1.165) is 25.4 Å². The van der Waals surface area contributed by atoms with Gasteiger partial charge in [0.2, 0.25) is 0 Å². The molecule has 0 amide bonds. The fourth-order valence-electron chi connectivity index (χ4n) is 2.71. The molecule has 2 N–H and O–H groups in total. The average Bonchev–Trinajstić information content (AvgIpc) is 2.39. The number of rotatable bonds is 8. The maximum atomic E-state index is 9.58. The van der Waals surface area contributed by atoms with Crippen LogP contribution in [-0.4, -0.2) is 62.0 Å². The number of aliphatic hydroxyl groups is 1. The predicted octanol–water partition coefficient (Wildman–Crippen LogP) is 1.09. The van der Waals surface area contributed by atoms with Crippen molar-refractivity contribution in [3.05, 3.63) is 0 Å². The van der Waals surface area contributed by atoms with Crippen molar-refractivity contribution in [2.75, 3.05) is 39.9 Å². The van der Waals surface area contributed by atoms with E-state index in [2.05, 4.69) is 24.1 Å². The Hall–Kier alpha value is -0.160. The van der Waals surface area contributed by atoms with E-state index in [1.807, 2.05) is 0 Å². The lowest BCUT2D eigenvalue weighted by Gasteiger charge is -2.35. The molecule has 0 bridgehead atoms. The van der Waals surface area contributed by atoms with Crippen molar-refractivity contribution >= 4 is 0 Å². The molecular formula is C14H30N2O2. The Morgan fingerprint density at radius 3 is 2.94 bits per heavy atom. The highest BCUT2D eigenvalue weighted by Crippen LogP contribution is 2.19. The van der Waals surface area contributed by atoms with Crippen LogP contribution in [-0.2, 0) is 4.74 Å². The van der Waals surface area contributed by atoms with Gasteiger partial charge in [0, 0.05) is 19.7 Å². The minimum atomic E-state index is -0.340. The molecule has 4 heteroatoms. The van der Waals surface area contributed by atoms with Crippen LogP contribution in [0.1, 0.15) is 33.1 Å². The number of hydrogen-bond acceptors (Lipinski definition) is 4. The Labute approximate surface area is 112 Å². The summed E-state index contributed by atoms with van der Waals surface area (Å²) in [5.41, 5.74) is 0. The van der Waals surface area contributed by atoms with Gasteiger partial charge in [-0.15, -0.1) is 0 Å². The van der Waals surface area contributed by atoms with Gasteiger partial charge in [-0.3, -0.25) is 0 Å². The molecule has 1 saturated heterocycles. The first kappa shape index (κ1) is 15.9. The molecule has 1 aliphatic heterocycles. The SMILES string of the molecule is CCN1CCCC(C(C)NCCC(O)COC)C1. The minimum absolute atomic E-state index is 0.340. The van der Waals surface area contributed by atoms with Crippen molar-refractivity contribution in [1.82, 2.24) is 10.2 Å². The first-order valence-corrected chi connectivity index (χ1v) is 7.30. The van der Waals surface area contributed by atoms with Crippen LogP contribution in [0.4, 0.5) is 0 Å². The second-order valence-corrected chi connectivity index (χ2v) is 5.44. The maximum Gasteiger partial charge on any atom is 0.0785 e. The molecule has 1 fully saturated rings. The van der Waals surface area contributed by atoms with E-state index in [1.165, 1.54) is 25.9 Å². The molecule has 1 heterocycles. The first-order valence-electron chi connectivity index (χ1n) is 7.30. The lowest BCUT2D eigenvalue weighted by Crippen LogP contribution is -2.45. The topological polar surface area (TPSA) is 44.7 Å². The standard InChI is InChI=1S/C14H30N2O2/c1-4-16-9-5-6-13(10-16)12(2)15-8-7-14(17)11-18-3/h12-15,17H,4-11H2,1-3H3. The van der Waals surface area contributed by atoms with Crippen LogP contribution in [0.3, 0.4) is 0 Å². The highest BCUT2D eigenvalue weighted by atomic mass is 16.5. The highest BCUT2D eigenvalue weighted by Gasteiger charge is 2.23. The molecule has 1 rings (SSSR count).